The number of carbonyl (C=O) groups excluding carboxylic acids is 2. The van der Waals surface area contributed by atoms with Crippen LogP contribution in [-0.4, -0.2) is 32.9 Å². The molecule has 7 nitrogen and oxygen atoms in total. The van der Waals surface area contributed by atoms with Gasteiger partial charge >= 0.3 is 6.03 Å². The zero-order chi connectivity index (χ0) is 19.3. The molecule has 0 aliphatic rings. The van der Waals surface area contributed by atoms with Crippen LogP contribution in [0.25, 0.3) is 0 Å². The summed E-state index contributed by atoms with van der Waals surface area (Å²) in [6, 6.07) is 9.58. The number of hydrogen-bond donors (Lipinski definition) is 3. The standard InChI is InChI=1S/C18H22N4O3S/c1-18(2,3)26(25)16-14(6-5-11-20-16)15(23)21-12-7-9-13(10-8-12)22-17(24)19-4/h5-11H,1-4H3,(H,21,23)(H2,19,22,24). The predicted molar refractivity (Wildman–Crippen MR) is 103 cm³/mol. The SMILES string of the molecule is CNC(=O)Nc1ccc(NC(=O)c2cccnc2S(=O)C(C)(C)C)cc1. The van der Waals surface area contributed by atoms with Gasteiger partial charge < -0.3 is 16.0 Å². The molecule has 26 heavy (non-hydrogen) atoms. The fourth-order valence-electron chi connectivity index (χ4n) is 2.03. The van der Waals surface area contributed by atoms with Gasteiger partial charge in [0.2, 0.25) is 0 Å². The minimum Gasteiger partial charge on any atom is -0.341 e. The predicted octanol–water partition coefficient (Wildman–Crippen LogP) is 2.99. The second kappa shape index (κ2) is 8.09. The number of rotatable bonds is 4. The van der Waals surface area contributed by atoms with Gasteiger partial charge in [0, 0.05) is 29.4 Å². The van der Waals surface area contributed by atoms with Crippen molar-refractivity contribution in [2.45, 2.75) is 30.5 Å². The van der Waals surface area contributed by atoms with Crippen molar-refractivity contribution in [3.8, 4) is 0 Å². The molecule has 0 spiro atoms. The van der Waals surface area contributed by atoms with Gasteiger partial charge in [-0.1, -0.05) is 0 Å². The highest BCUT2D eigenvalue weighted by Gasteiger charge is 2.26. The summed E-state index contributed by atoms with van der Waals surface area (Å²) in [7, 11) is 0.0960. The molecule has 1 atom stereocenters. The van der Waals surface area contributed by atoms with E-state index in [1.54, 1.807) is 36.4 Å². The van der Waals surface area contributed by atoms with Gasteiger partial charge in [-0.2, -0.15) is 0 Å². The summed E-state index contributed by atoms with van der Waals surface area (Å²) in [6.45, 7) is 5.49. The van der Waals surface area contributed by atoms with Crippen LogP contribution >= 0.6 is 0 Å². The van der Waals surface area contributed by atoms with E-state index in [1.807, 2.05) is 20.8 Å². The van der Waals surface area contributed by atoms with Crippen molar-refractivity contribution in [3.05, 3.63) is 48.2 Å². The summed E-state index contributed by atoms with van der Waals surface area (Å²) in [5.41, 5.74) is 1.42. The highest BCUT2D eigenvalue weighted by atomic mass is 32.2. The third-order valence-electron chi connectivity index (χ3n) is 3.38. The van der Waals surface area contributed by atoms with Crippen molar-refractivity contribution in [1.82, 2.24) is 10.3 Å². The Morgan fingerprint density at radius 1 is 1.00 bits per heavy atom. The Kier molecular flexibility index (Phi) is 6.10. The number of nitrogens with one attached hydrogen (secondary N) is 3. The van der Waals surface area contributed by atoms with E-state index in [4.69, 9.17) is 0 Å². The first-order valence-electron chi connectivity index (χ1n) is 7.99. The highest BCUT2D eigenvalue weighted by molar-refractivity contribution is 7.86. The lowest BCUT2D eigenvalue weighted by Crippen LogP contribution is -2.25. The quantitative estimate of drug-likeness (QED) is 0.766. The largest absolute Gasteiger partial charge is 0.341 e. The maximum Gasteiger partial charge on any atom is 0.318 e. The van der Waals surface area contributed by atoms with Crippen molar-refractivity contribution < 1.29 is 13.8 Å². The number of urea groups is 1. The molecule has 0 saturated carbocycles. The first-order valence-corrected chi connectivity index (χ1v) is 9.14. The van der Waals surface area contributed by atoms with Gasteiger partial charge in [0.05, 0.1) is 16.4 Å². The molecule has 2 rings (SSSR count). The number of anilines is 2. The molecule has 1 unspecified atom stereocenters. The molecule has 0 fully saturated rings. The number of hydrogen-bond acceptors (Lipinski definition) is 4. The van der Waals surface area contributed by atoms with E-state index in [1.165, 1.54) is 13.2 Å². The van der Waals surface area contributed by atoms with E-state index in [2.05, 4.69) is 20.9 Å². The average Bonchev–Trinajstić information content (AvgIpc) is 2.61. The number of benzene rings is 1. The number of nitrogens with zero attached hydrogens (tertiary/aromatic N) is 1. The van der Waals surface area contributed by atoms with Gasteiger partial charge in [0.1, 0.15) is 5.03 Å². The molecule has 0 aliphatic heterocycles. The molecule has 0 radical (unpaired) electrons. The average molecular weight is 374 g/mol. The Bertz CT molecular complexity index is 829. The maximum absolute atomic E-state index is 12.6. The van der Waals surface area contributed by atoms with E-state index < -0.39 is 21.5 Å². The molecule has 0 bridgehead atoms. The summed E-state index contributed by atoms with van der Waals surface area (Å²) in [5.74, 6) is -0.391. The van der Waals surface area contributed by atoms with Crippen LogP contribution in [0.5, 0.6) is 0 Å². The molecule has 8 heteroatoms. The fourth-order valence-corrected chi connectivity index (χ4v) is 3.13. The monoisotopic (exact) mass is 374 g/mol. The maximum atomic E-state index is 12.6. The molecular formula is C18H22N4O3S. The minimum absolute atomic E-state index is 0.260. The lowest BCUT2D eigenvalue weighted by molar-refractivity contribution is 0.102. The first kappa shape index (κ1) is 19.6. The van der Waals surface area contributed by atoms with Crippen LogP contribution in [0.3, 0.4) is 0 Å². The van der Waals surface area contributed by atoms with Crippen molar-refractivity contribution in [2.75, 3.05) is 17.7 Å². The zero-order valence-electron chi connectivity index (χ0n) is 15.1. The van der Waals surface area contributed by atoms with Gasteiger partial charge in [-0.3, -0.25) is 9.00 Å². The van der Waals surface area contributed by atoms with Crippen molar-refractivity contribution in [1.29, 1.82) is 0 Å². The smallest absolute Gasteiger partial charge is 0.318 e. The Morgan fingerprint density at radius 3 is 2.12 bits per heavy atom. The van der Waals surface area contributed by atoms with Gasteiger partial charge in [-0.05, 0) is 57.2 Å². The Morgan fingerprint density at radius 2 is 1.58 bits per heavy atom. The molecule has 2 aromatic rings. The van der Waals surface area contributed by atoms with Crippen LogP contribution < -0.4 is 16.0 Å². The third kappa shape index (κ3) is 4.89. The normalized spacial score (nSPS) is 12.2. The van der Waals surface area contributed by atoms with Gasteiger partial charge in [-0.25, -0.2) is 9.78 Å². The number of aromatic nitrogens is 1. The summed E-state index contributed by atoms with van der Waals surface area (Å²) in [6.07, 6.45) is 1.52. The first-order chi connectivity index (χ1) is 12.2. The van der Waals surface area contributed by atoms with Crippen molar-refractivity contribution >= 4 is 34.1 Å². The minimum atomic E-state index is -1.43. The highest BCUT2D eigenvalue weighted by Crippen LogP contribution is 2.22. The van der Waals surface area contributed by atoms with Crippen LogP contribution in [0.1, 0.15) is 31.1 Å². The summed E-state index contributed by atoms with van der Waals surface area (Å²) in [4.78, 5) is 28.0. The second-order valence-electron chi connectivity index (χ2n) is 6.47. The van der Waals surface area contributed by atoms with Crippen LogP contribution in [0.15, 0.2) is 47.6 Å². The van der Waals surface area contributed by atoms with Crippen molar-refractivity contribution in [3.63, 3.8) is 0 Å². The summed E-state index contributed by atoms with van der Waals surface area (Å²) in [5, 5.41) is 8.10. The van der Waals surface area contributed by atoms with Crippen LogP contribution in [-0.2, 0) is 10.8 Å². The third-order valence-corrected chi connectivity index (χ3v) is 5.16. The lowest BCUT2D eigenvalue weighted by atomic mass is 10.2. The van der Waals surface area contributed by atoms with Gasteiger partial charge in [-0.15, -0.1) is 0 Å². The number of pyridine rings is 1. The van der Waals surface area contributed by atoms with E-state index in [0.29, 0.717) is 11.4 Å². The molecular weight excluding hydrogens is 352 g/mol. The second-order valence-corrected chi connectivity index (χ2v) is 8.62. The molecule has 0 aliphatic carbocycles. The van der Waals surface area contributed by atoms with E-state index in [0.717, 1.165) is 0 Å². The van der Waals surface area contributed by atoms with E-state index in [-0.39, 0.29) is 16.6 Å². The topological polar surface area (TPSA) is 100 Å². The van der Waals surface area contributed by atoms with E-state index >= 15 is 0 Å². The van der Waals surface area contributed by atoms with Crippen LogP contribution in [0.4, 0.5) is 16.2 Å². The summed E-state index contributed by atoms with van der Waals surface area (Å²) >= 11 is 0. The van der Waals surface area contributed by atoms with Crippen LogP contribution in [0, 0.1) is 0 Å². The zero-order valence-corrected chi connectivity index (χ0v) is 15.9. The molecule has 3 N–H and O–H groups in total. The number of amides is 3. The number of carbonyl (C=O) groups is 2. The molecule has 0 saturated heterocycles. The fraction of sp³-hybridized carbons (Fsp3) is 0.278. The van der Waals surface area contributed by atoms with Gasteiger partial charge in [0.15, 0.2) is 0 Å². The molecule has 3 amide bonds. The molecule has 1 aromatic carbocycles. The van der Waals surface area contributed by atoms with Crippen molar-refractivity contribution in [2.24, 2.45) is 0 Å². The Labute approximate surface area is 155 Å². The molecule has 138 valence electrons. The Hall–Kier alpha value is -2.74. The molecule has 1 heterocycles. The van der Waals surface area contributed by atoms with E-state index in [9.17, 15) is 13.8 Å². The Balaban J connectivity index is 2.18. The lowest BCUT2D eigenvalue weighted by Gasteiger charge is -2.18. The summed E-state index contributed by atoms with van der Waals surface area (Å²) < 4.78 is 12.1. The van der Waals surface area contributed by atoms with Crippen LogP contribution in [0.2, 0.25) is 0 Å². The molecule has 1 aromatic heterocycles. The van der Waals surface area contributed by atoms with Gasteiger partial charge in [0.25, 0.3) is 5.91 Å².